The van der Waals surface area contributed by atoms with Gasteiger partial charge in [0, 0.05) is 24.9 Å². The molecule has 7 nitrogen and oxygen atoms in total. The third-order valence-electron chi connectivity index (χ3n) is 8.44. The molecule has 2 aliphatic heterocycles. The zero-order chi connectivity index (χ0) is 25.4. The summed E-state index contributed by atoms with van der Waals surface area (Å²) in [4.78, 5) is 25.5. The third kappa shape index (κ3) is 5.68. The lowest BCUT2D eigenvalue weighted by atomic mass is 9.70. The molecule has 4 aliphatic rings. The van der Waals surface area contributed by atoms with Gasteiger partial charge in [0.25, 0.3) is 0 Å². The van der Waals surface area contributed by atoms with E-state index in [1.165, 1.54) is 5.57 Å². The number of nitrogens with one attached hydrogen (secondary N) is 2. The highest BCUT2D eigenvalue weighted by Crippen LogP contribution is 2.59. The number of carbonyl (C=O) groups is 2. The SMILES string of the molecule is CC(C)=CC[C@H]1O[C@]1(C)[C@H]1C[C@H](OC(=O)N[C@](C=O)(CNC2CC2)Cc2ccccc2)CC[C@]12CO2. The van der Waals surface area contributed by atoms with Gasteiger partial charge in [0.15, 0.2) is 0 Å². The van der Waals surface area contributed by atoms with Crippen molar-refractivity contribution in [3.8, 4) is 0 Å². The number of amides is 1. The molecule has 2 N–H and O–H groups in total. The van der Waals surface area contributed by atoms with Crippen LogP contribution in [0.1, 0.15) is 64.9 Å². The van der Waals surface area contributed by atoms with E-state index in [0.717, 1.165) is 50.6 Å². The van der Waals surface area contributed by atoms with Crippen LogP contribution in [0, 0.1) is 5.92 Å². The second kappa shape index (κ2) is 9.92. The smallest absolute Gasteiger partial charge is 0.408 e. The van der Waals surface area contributed by atoms with E-state index in [-0.39, 0.29) is 29.3 Å². The minimum absolute atomic E-state index is 0.140. The van der Waals surface area contributed by atoms with Crippen molar-refractivity contribution >= 4 is 12.4 Å². The summed E-state index contributed by atoms with van der Waals surface area (Å²) < 4.78 is 18.1. The molecule has 1 aromatic rings. The molecule has 2 saturated carbocycles. The lowest BCUT2D eigenvalue weighted by Crippen LogP contribution is -2.58. The number of rotatable bonds is 11. The van der Waals surface area contributed by atoms with Crippen LogP contribution < -0.4 is 10.6 Å². The van der Waals surface area contributed by atoms with Gasteiger partial charge in [-0.1, -0.05) is 42.0 Å². The van der Waals surface area contributed by atoms with Gasteiger partial charge in [0.05, 0.1) is 23.9 Å². The number of benzene rings is 1. The molecule has 1 aromatic carbocycles. The van der Waals surface area contributed by atoms with E-state index in [0.29, 0.717) is 25.4 Å². The number of allylic oxidation sites excluding steroid dienone is 1. The fraction of sp³-hybridized carbons (Fsp3) is 0.655. The fourth-order valence-corrected chi connectivity index (χ4v) is 5.90. The number of hydrogen-bond acceptors (Lipinski definition) is 6. The molecule has 36 heavy (non-hydrogen) atoms. The molecule has 0 bridgehead atoms. The van der Waals surface area contributed by atoms with E-state index in [1.807, 2.05) is 30.3 Å². The van der Waals surface area contributed by atoms with Crippen molar-refractivity contribution in [2.75, 3.05) is 13.2 Å². The first-order valence-corrected chi connectivity index (χ1v) is 13.4. The van der Waals surface area contributed by atoms with Crippen molar-refractivity contribution in [1.82, 2.24) is 10.6 Å². The molecule has 0 radical (unpaired) electrons. The predicted octanol–water partition coefficient (Wildman–Crippen LogP) is 4.10. The van der Waals surface area contributed by atoms with Crippen molar-refractivity contribution in [2.45, 2.75) is 101 Å². The van der Waals surface area contributed by atoms with Crippen LogP contribution in [0.2, 0.25) is 0 Å². The molecule has 2 aliphatic carbocycles. The van der Waals surface area contributed by atoms with Crippen molar-refractivity contribution in [1.29, 1.82) is 0 Å². The number of carbonyl (C=O) groups excluding carboxylic acids is 2. The van der Waals surface area contributed by atoms with Crippen LogP contribution in [0.25, 0.3) is 0 Å². The summed E-state index contributed by atoms with van der Waals surface area (Å²) in [5.41, 5.74) is 0.830. The largest absolute Gasteiger partial charge is 0.446 e. The number of aldehydes is 1. The van der Waals surface area contributed by atoms with Gasteiger partial charge in [-0.2, -0.15) is 0 Å². The maximum Gasteiger partial charge on any atom is 0.408 e. The van der Waals surface area contributed by atoms with Gasteiger partial charge < -0.3 is 29.6 Å². The molecule has 6 atom stereocenters. The molecule has 2 heterocycles. The van der Waals surface area contributed by atoms with Gasteiger partial charge in [-0.05, 0) is 64.9 Å². The summed E-state index contributed by atoms with van der Waals surface area (Å²) in [6.07, 6.45) is 8.34. The summed E-state index contributed by atoms with van der Waals surface area (Å²) in [5, 5.41) is 6.36. The fourth-order valence-electron chi connectivity index (χ4n) is 5.90. The highest BCUT2D eigenvalue weighted by Gasteiger charge is 2.68. The molecule has 5 rings (SSSR count). The van der Waals surface area contributed by atoms with E-state index in [9.17, 15) is 9.59 Å². The van der Waals surface area contributed by atoms with Crippen molar-refractivity contribution < 1.29 is 23.8 Å². The van der Waals surface area contributed by atoms with E-state index in [1.54, 1.807) is 0 Å². The minimum atomic E-state index is -1.06. The summed E-state index contributed by atoms with van der Waals surface area (Å²) in [6, 6.07) is 10.2. The van der Waals surface area contributed by atoms with Crippen LogP contribution >= 0.6 is 0 Å². The normalized spacial score (nSPS) is 34.4. The lowest BCUT2D eigenvalue weighted by molar-refractivity contribution is -0.113. The molecule has 1 spiro atoms. The van der Waals surface area contributed by atoms with Gasteiger partial charge in [-0.25, -0.2) is 4.79 Å². The zero-order valence-electron chi connectivity index (χ0n) is 21.8. The quantitative estimate of drug-likeness (QED) is 0.272. The van der Waals surface area contributed by atoms with Gasteiger partial charge in [0.1, 0.15) is 17.9 Å². The summed E-state index contributed by atoms with van der Waals surface area (Å²) in [7, 11) is 0. The van der Waals surface area contributed by atoms with Crippen molar-refractivity contribution in [3.63, 3.8) is 0 Å². The molecule has 4 fully saturated rings. The van der Waals surface area contributed by atoms with Gasteiger partial charge >= 0.3 is 6.09 Å². The topological polar surface area (TPSA) is 92.5 Å². The van der Waals surface area contributed by atoms with Crippen LogP contribution in [0.5, 0.6) is 0 Å². The Morgan fingerprint density at radius 2 is 1.97 bits per heavy atom. The average molecular weight is 497 g/mol. The second-order valence-electron chi connectivity index (χ2n) is 11.7. The number of epoxide rings is 2. The maximum atomic E-state index is 13.1. The Hall–Kier alpha value is -2.22. The lowest BCUT2D eigenvalue weighted by Gasteiger charge is -2.37. The van der Waals surface area contributed by atoms with E-state index < -0.39 is 11.6 Å². The molecule has 0 unspecified atom stereocenters. The molecule has 0 aromatic heterocycles. The van der Waals surface area contributed by atoms with Crippen LogP contribution in [-0.2, 0) is 25.4 Å². The Morgan fingerprint density at radius 1 is 1.22 bits per heavy atom. The Labute approximate surface area is 214 Å². The minimum Gasteiger partial charge on any atom is -0.446 e. The Morgan fingerprint density at radius 3 is 2.61 bits per heavy atom. The van der Waals surface area contributed by atoms with Crippen molar-refractivity contribution in [2.24, 2.45) is 5.92 Å². The summed E-state index contributed by atoms with van der Waals surface area (Å²) in [5.74, 6) is 0.184. The average Bonchev–Trinajstić information content (AvgIpc) is 3.76. The van der Waals surface area contributed by atoms with Crippen LogP contribution in [0.3, 0.4) is 0 Å². The first-order chi connectivity index (χ1) is 17.3. The van der Waals surface area contributed by atoms with E-state index in [4.69, 9.17) is 14.2 Å². The molecular weight excluding hydrogens is 456 g/mol. The van der Waals surface area contributed by atoms with Crippen LogP contribution in [0.4, 0.5) is 4.79 Å². The van der Waals surface area contributed by atoms with E-state index >= 15 is 0 Å². The Balaban J connectivity index is 1.23. The predicted molar refractivity (Wildman–Crippen MR) is 137 cm³/mol. The maximum absolute atomic E-state index is 13.1. The highest BCUT2D eigenvalue weighted by molar-refractivity contribution is 5.77. The zero-order valence-corrected chi connectivity index (χ0v) is 21.8. The van der Waals surface area contributed by atoms with Gasteiger partial charge in [0.2, 0.25) is 0 Å². The number of hydrogen-bond donors (Lipinski definition) is 2. The summed E-state index contributed by atoms with van der Waals surface area (Å²) in [6.45, 7) is 7.52. The van der Waals surface area contributed by atoms with Crippen molar-refractivity contribution in [3.05, 3.63) is 47.5 Å². The summed E-state index contributed by atoms with van der Waals surface area (Å²) >= 11 is 0. The third-order valence-corrected chi connectivity index (χ3v) is 8.44. The van der Waals surface area contributed by atoms with Gasteiger partial charge in [-0.3, -0.25) is 0 Å². The monoisotopic (exact) mass is 496 g/mol. The van der Waals surface area contributed by atoms with Crippen LogP contribution in [-0.4, -0.2) is 60.5 Å². The second-order valence-corrected chi connectivity index (χ2v) is 11.7. The highest BCUT2D eigenvalue weighted by atomic mass is 16.6. The molecule has 7 heteroatoms. The van der Waals surface area contributed by atoms with Crippen LogP contribution in [0.15, 0.2) is 42.0 Å². The molecule has 1 amide bonds. The molecular formula is C29H40N2O5. The van der Waals surface area contributed by atoms with Gasteiger partial charge in [-0.15, -0.1) is 0 Å². The number of ether oxygens (including phenoxy) is 3. The standard InChI is InChI=1S/C29H40N2O5/c1-20(2)9-12-25-27(3,36-25)24-15-23(13-14-29(24)19-34-29)35-26(33)31-28(18-32,17-30-22-10-11-22)16-21-7-5-4-6-8-21/h4-9,18,22-25,30H,10-17,19H2,1-3H3,(H,31,33)/t23-,24-,25-,27-,28+,29+/m1/s1. The Bertz CT molecular complexity index is 985. The molecule has 2 saturated heterocycles. The first-order valence-electron chi connectivity index (χ1n) is 13.4. The molecule has 196 valence electrons. The number of alkyl carbamates (subject to hydrolysis) is 1. The Kier molecular flexibility index (Phi) is 7.01. The first kappa shape index (κ1) is 25.4. The van der Waals surface area contributed by atoms with E-state index in [2.05, 4.69) is 37.5 Å².